The van der Waals surface area contributed by atoms with Gasteiger partial charge in [0.2, 0.25) is 0 Å². The van der Waals surface area contributed by atoms with E-state index >= 15 is 0 Å². The highest BCUT2D eigenvalue weighted by molar-refractivity contribution is 6.00. The molecule has 0 saturated heterocycles. The van der Waals surface area contributed by atoms with Gasteiger partial charge in [-0.05, 0) is 25.0 Å². The van der Waals surface area contributed by atoms with Gasteiger partial charge < -0.3 is 0 Å². The van der Waals surface area contributed by atoms with Crippen LogP contribution in [-0.4, -0.2) is 10.7 Å². The fourth-order valence-electron chi connectivity index (χ4n) is 1.65. The van der Waals surface area contributed by atoms with Crippen molar-refractivity contribution in [3.05, 3.63) is 39.9 Å². The fraction of sp³-hybridized carbons (Fsp3) is 0.462. The third kappa shape index (κ3) is 2.70. The summed E-state index contributed by atoms with van der Waals surface area (Å²) in [6, 6.07) is 5.81. The van der Waals surface area contributed by atoms with Gasteiger partial charge in [0.1, 0.15) is 0 Å². The Labute approximate surface area is 101 Å². The maximum atomic E-state index is 12.2. The van der Waals surface area contributed by atoms with Crippen molar-refractivity contribution in [2.24, 2.45) is 5.41 Å². The first-order valence-corrected chi connectivity index (χ1v) is 5.74. The number of rotatable bonds is 5. The van der Waals surface area contributed by atoms with Crippen LogP contribution in [0.5, 0.6) is 0 Å². The van der Waals surface area contributed by atoms with E-state index in [1.165, 1.54) is 24.3 Å². The molecule has 0 aromatic heterocycles. The van der Waals surface area contributed by atoms with Crippen LogP contribution in [-0.2, 0) is 0 Å². The highest BCUT2D eigenvalue weighted by Gasteiger charge is 2.30. The SMILES string of the molecule is CCC(C)(CC)C(=O)c1ccc([N+](=O)[O-])cc1. The van der Waals surface area contributed by atoms with Gasteiger partial charge in [-0.1, -0.05) is 20.8 Å². The lowest BCUT2D eigenvalue weighted by Gasteiger charge is -2.24. The molecule has 0 atom stereocenters. The molecule has 0 aliphatic rings. The predicted octanol–water partition coefficient (Wildman–Crippen LogP) is 3.60. The maximum absolute atomic E-state index is 12.2. The van der Waals surface area contributed by atoms with Crippen LogP contribution in [0.3, 0.4) is 0 Å². The molecule has 1 rings (SSSR count). The topological polar surface area (TPSA) is 60.2 Å². The Morgan fingerprint density at radius 2 is 1.71 bits per heavy atom. The lowest BCUT2D eigenvalue weighted by atomic mass is 9.78. The van der Waals surface area contributed by atoms with Crippen molar-refractivity contribution in [3.63, 3.8) is 0 Å². The average molecular weight is 235 g/mol. The van der Waals surface area contributed by atoms with Gasteiger partial charge in [0.25, 0.3) is 5.69 Å². The molecule has 0 aliphatic heterocycles. The molecule has 0 unspecified atom stereocenters. The summed E-state index contributed by atoms with van der Waals surface area (Å²) in [5, 5.41) is 10.5. The Morgan fingerprint density at radius 1 is 1.24 bits per heavy atom. The number of carbonyl (C=O) groups is 1. The second-order valence-electron chi connectivity index (χ2n) is 4.40. The first-order chi connectivity index (χ1) is 7.94. The Balaban J connectivity index is 3.01. The molecule has 0 N–H and O–H groups in total. The summed E-state index contributed by atoms with van der Waals surface area (Å²) in [6.45, 7) is 5.89. The minimum Gasteiger partial charge on any atom is -0.294 e. The number of Topliss-reactive ketones (excluding diaryl/α,β-unsaturated/α-hetero) is 1. The highest BCUT2D eigenvalue weighted by atomic mass is 16.6. The molecule has 0 bridgehead atoms. The van der Waals surface area contributed by atoms with Crippen molar-refractivity contribution in [1.29, 1.82) is 0 Å². The highest BCUT2D eigenvalue weighted by Crippen LogP contribution is 2.30. The number of nitro benzene ring substituents is 1. The van der Waals surface area contributed by atoms with Gasteiger partial charge in [0, 0.05) is 23.1 Å². The van der Waals surface area contributed by atoms with Crippen molar-refractivity contribution in [3.8, 4) is 0 Å². The quantitative estimate of drug-likeness (QED) is 0.445. The first kappa shape index (κ1) is 13.4. The van der Waals surface area contributed by atoms with Crippen LogP contribution < -0.4 is 0 Å². The van der Waals surface area contributed by atoms with Crippen molar-refractivity contribution in [2.75, 3.05) is 0 Å². The summed E-state index contributed by atoms with van der Waals surface area (Å²) in [5.41, 5.74) is 0.175. The van der Waals surface area contributed by atoms with Crippen LogP contribution in [0.2, 0.25) is 0 Å². The third-order valence-corrected chi connectivity index (χ3v) is 3.45. The summed E-state index contributed by atoms with van der Waals surface area (Å²) in [4.78, 5) is 22.3. The number of hydrogen-bond acceptors (Lipinski definition) is 3. The zero-order valence-electron chi connectivity index (χ0n) is 10.4. The van der Waals surface area contributed by atoms with Crippen LogP contribution in [0.25, 0.3) is 0 Å². The van der Waals surface area contributed by atoms with E-state index in [9.17, 15) is 14.9 Å². The monoisotopic (exact) mass is 235 g/mol. The van der Waals surface area contributed by atoms with E-state index in [-0.39, 0.29) is 16.9 Å². The standard InChI is InChI=1S/C13H17NO3/c1-4-13(3,5-2)12(15)10-6-8-11(9-7-10)14(16)17/h6-9H,4-5H2,1-3H3. The Bertz CT molecular complexity index is 419. The van der Waals surface area contributed by atoms with E-state index in [4.69, 9.17) is 0 Å². The van der Waals surface area contributed by atoms with Crippen LogP contribution in [0, 0.1) is 15.5 Å². The number of nitro groups is 1. The molecule has 17 heavy (non-hydrogen) atoms. The fourth-order valence-corrected chi connectivity index (χ4v) is 1.65. The average Bonchev–Trinajstić information content (AvgIpc) is 2.37. The lowest BCUT2D eigenvalue weighted by molar-refractivity contribution is -0.384. The largest absolute Gasteiger partial charge is 0.294 e. The van der Waals surface area contributed by atoms with Gasteiger partial charge in [-0.15, -0.1) is 0 Å². The zero-order valence-corrected chi connectivity index (χ0v) is 10.4. The van der Waals surface area contributed by atoms with Crippen molar-refractivity contribution >= 4 is 11.5 Å². The van der Waals surface area contributed by atoms with Crippen LogP contribution in [0.1, 0.15) is 44.0 Å². The summed E-state index contributed by atoms with van der Waals surface area (Å²) >= 11 is 0. The van der Waals surface area contributed by atoms with Crippen molar-refractivity contribution in [1.82, 2.24) is 0 Å². The van der Waals surface area contributed by atoms with Gasteiger partial charge in [-0.3, -0.25) is 14.9 Å². The predicted molar refractivity (Wildman–Crippen MR) is 66.1 cm³/mol. The summed E-state index contributed by atoms with van der Waals surface area (Å²) in [7, 11) is 0. The molecule has 0 saturated carbocycles. The molecule has 4 heteroatoms. The zero-order chi connectivity index (χ0) is 13.1. The van der Waals surface area contributed by atoms with Crippen LogP contribution in [0.15, 0.2) is 24.3 Å². The molecular weight excluding hydrogens is 218 g/mol. The molecule has 0 aliphatic carbocycles. The van der Waals surface area contributed by atoms with E-state index < -0.39 is 4.92 Å². The number of non-ortho nitro benzene ring substituents is 1. The molecule has 0 heterocycles. The van der Waals surface area contributed by atoms with Crippen molar-refractivity contribution < 1.29 is 9.72 Å². The number of hydrogen-bond donors (Lipinski definition) is 0. The molecule has 0 spiro atoms. The van der Waals surface area contributed by atoms with Gasteiger partial charge in [0.05, 0.1) is 4.92 Å². The van der Waals surface area contributed by atoms with Crippen LogP contribution >= 0.6 is 0 Å². The molecule has 0 amide bonds. The van der Waals surface area contributed by atoms with E-state index in [2.05, 4.69) is 0 Å². The lowest BCUT2D eigenvalue weighted by Crippen LogP contribution is -2.26. The van der Waals surface area contributed by atoms with E-state index in [0.29, 0.717) is 5.56 Å². The van der Waals surface area contributed by atoms with Crippen LogP contribution in [0.4, 0.5) is 5.69 Å². The Morgan fingerprint density at radius 3 is 2.06 bits per heavy atom. The van der Waals surface area contributed by atoms with Gasteiger partial charge in [0.15, 0.2) is 5.78 Å². The van der Waals surface area contributed by atoms with E-state index in [0.717, 1.165) is 12.8 Å². The number of ketones is 1. The second-order valence-corrected chi connectivity index (χ2v) is 4.40. The molecule has 0 fully saturated rings. The minimum absolute atomic E-state index is 0.0104. The summed E-state index contributed by atoms with van der Waals surface area (Å²) < 4.78 is 0. The van der Waals surface area contributed by atoms with E-state index in [1.807, 2.05) is 20.8 Å². The normalized spacial score (nSPS) is 11.2. The smallest absolute Gasteiger partial charge is 0.269 e. The molecule has 92 valence electrons. The first-order valence-electron chi connectivity index (χ1n) is 5.74. The van der Waals surface area contributed by atoms with Crippen molar-refractivity contribution in [2.45, 2.75) is 33.6 Å². The molecule has 1 aromatic carbocycles. The molecular formula is C13H17NO3. The minimum atomic E-state index is -0.465. The molecule has 0 radical (unpaired) electrons. The third-order valence-electron chi connectivity index (χ3n) is 3.45. The van der Waals surface area contributed by atoms with E-state index in [1.54, 1.807) is 0 Å². The molecule has 1 aromatic rings. The van der Waals surface area contributed by atoms with Gasteiger partial charge >= 0.3 is 0 Å². The Kier molecular flexibility index (Phi) is 3.99. The summed E-state index contributed by atoms with van der Waals surface area (Å²) in [6.07, 6.45) is 1.53. The number of carbonyl (C=O) groups excluding carboxylic acids is 1. The summed E-state index contributed by atoms with van der Waals surface area (Å²) in [5.74, 6) is 0.0531. The van der Waals surface area contributed by atoms with Gasteiger partial charge in [-0.25, -0.2) is 0 Å². The Hall–Kier alpha value is -1.71. The second kappa shape index (κ2) is 5.08. The number of nitrogens with zero attached hydrogens (tertiary/aromatic N) is 1. The molecule has 4 nitrogen and oxygen atoms in total. The number of benzene rings is 1. The van der Waals surface area contributed by atoms with Gasteiger partial charge in [-0.2, -0.15) is 0 Å². The maximum Gasteiger partial charge on any atom is 0.269 e.